The Hall–Kier alpha value is -2.04. The van der Waals surface area contributed by atoms with Crippen LogP contribution in [0.2, 0.25) is 0 Å². The molecule has 2 rings (SSSR count). The van der Waals surface area contributed by atoms with Crippen LogP contribution in [0.3, 0.4) is 0 Å². The molecule has 0 atom stereocenters. The van der Waals surface area contributed by atoms with Gasteiger partial charge in [-0.15, -0.1) is 24.0 Å². The molecule has 0 aromatic heterocycles. The lowest BCUT2D eigenvalue weighted by Crippen LogP contribution is -2.38. The number of hydrogen-bond donors (Lipinski definition) is 2. The Bertz CT molecular complexity index is 775. The average molecular weight is 557 g/mol. The second-order valence-corrected chi connectivity index (χ2v) is 6.84. The zero-order valence-electron chi connectivity index (χ0n) is 19.3. The first-order valence-corrected chi connectivity index (χ1v) is 10.7. The number of guanidine groups is 1. The Morgan fingerprint density at radius 3 is 2.44 bits per heavy atom. The predicted molar refractivity (Wildman–Crippen MR) is 139 cm³/mol. The topological polar surface area (TPSA) is 73.3 Å². The minimum Gasteiger partial charge on any atom is -0.493 e. The van der Waals surface area contributed by atoms with Gasteiger partial charge in [0, 0.05) is 26.8 Å². The Balaban J connectivity index is 0.00000512. The Morgan fingerprint density at radius 1 is 0.906 bits per heavy atom. The molecule has 0 spiro atoms. The van der Waals surface area contributed by atoms with Gasteiger partial charge in [-0.05, 0) is 36.6 Å². The lowest BCUT2D eigenvalue weighted by atomic mass is 10.2. The molecule has 0 aliphatic carbocycles. The number of halogens is 1. The standard InChI is InChI=1S/C24H35N3O4.HI/c1-4-25-24(26-13-8-14-30-16-15-28-2)27-18-21-11-12-22(23(17-21)29-3)31-19-20-9-6-5-7-10-20;/h5-7,9-12,17H,4,8,13-16,18-19H2,1-3H3,(H2,25,26,27);1H. The van der Waals surface area contributed by atoms with Crippen LogP contribution in [0, 0.1) is 0 Å². The van der Waals surface area contributed by atoms with Crippen molar-refractivity contribution in [3.63, 3.8) is 0 Å². The van der Waals surface area contributed by atoms with E-state index in [4.69, 9.17) is 18.9 Å². The molecule has 0 fully saturated rings. The number of nitrogens with zero attached hydrogens (tertiary/aromatic N) is 1. The lowest BCUT2D eigenvalue weighted by molar-refractivity contribution is 0.0698. The summed E-state index contributed by atoms with van der Waals surface area (Å²) in [4.78, 5) is 4.67. The molecule has 8 heteroatoms. The molecule has 0 aliphatic heterocycles. The van der Waals surface area contributed by atoms with E-state index in [2.05, 4.69) is 15.6 Å². The van der Waals surface area contributed by atoms with Crippen LogP contribution in [0.4, 0.5) is 0 Å². The van der Waals surface area contributed by atoms with Gasteiger partial charge in [-0.2, -0.15) is 0 Å². The lowest BCUT2D eigenvalue weighted by Gasteiger charge is -2.13. The van der Waals surface area contributed by atoms with Gasteiger partial charge in [0.2, 0.25) is 0 Å². The second-order valence-electron chi connectivity index (χ2n) is 6.84. The molecule has 0 saturated carbocycles. The van der Waals surface area contributed by atoms with E-state index < -0.39 is 0 Å². The molecule has 0 bridgehead atoms. The number of rotatable bonds is 14. The van der Waals surface area contributed by atoms with Gasteiger partial charge in [0.25, 0.3) is 0 Å². The largest absolute Gasteiger partial charge is 0.493 e. The van der Waals surface area contributed by atoms with Crippen LogP contribution in [0.25, 0.3) is 0 Å². The van der Waals surface area contributed by atoms with Gasteiger partial charge in [0.05, 0.1) is 26.9 Å². The summed E-state index contributed by atoms with van der Waals surface area (Å²) < 4.78 is 21.9. The van der Waals surface area contributed by atoms with Crippen molar-refractivity contribution in [3.05, 3.63) is 59.7 Å². The van der Waals surface area contributed by atoms with Gasteiger partial charge in [0.1, 0.15) is 6.61 Å². The van der Waals surface area contributed by atoms with Gasteiger partial charge < -0.3 is 29.6 Å². The summed E-state index contributed by atoms with van der Waals surface area (Å²) in [6.07, 6.45) is 0.898. The molecule has 0 amide bonds. The minimum absolute atomic E-state index is 0. The van der Waals surface area contributed by atoms with E-state index in [9.17, 15) is 0 Å². The summed E-state index contributed by atoms with van der Waals surface area (Å²) in [5.74, 6) is 2.20. The van der Waals surface area contributed by atoms with Gasteiger partial charge in [-0.3, -0.25) is 0 Å². The van der Waals surface area contributed by atoms with Gasteiger partial charge in [-0.25, -0.2) is 4.99 Å². The van der Waals surface area contributed by atoms with E-state index in [1.165, 1.54) is 0 Å². The van der Waals surface area contributed by atoms with Crippen LogP contribution in [0.1, 0.15) is 24.5 Å². The molecule has 0 radical (unpaired) electrons. The number of aliphatic imine (C=N–C) groups is 1. The van der Waals surface area contributed by atoms with Crippen LogP contribution in [-0.2, 0) is 22.6 Å². The summed E-state index contributed by atoms with van der Waals surface area (Å²) >= 11 is 0. The minimum atomic E-state index is 0. The van der Waals surface area contributed by atoms with Crippen molar-refractivity contribution in [1.29, 1.82) is 0 Å². The fourth-order valence-corrected chi connectivity index (χ4v) is 2.80. The predicted octanol–water partition coefficient (Wildman–Crippen LogP) is 4.00. The molecule has 0 aliphatic rings. The quantitative estimate of drug-likeness (QED) is 0.158. The third-order valence-corrected chi connectivity index (χ3v) is 4.42. The van der Waals surface area contributed by atoms with Gasteiger partial charge in [-0.1, -0.05) is 36.4 Å². The average Bonchev–Trinajstić information content (AvgIpc) is 2.81. The molecule has 2 aromatic rings. The third-order valence-electron chi connectivity index (χ3n) is 4.42. The van der Waals surface area contributed by atoms with Crippen LogP contribution >= 0.6 is 24.0 Å². The zero-order valence-corrected chi connectivity index (χ0v) is 21.6. The highest BCUT2D eigenvalue weighted by Crippen LogP contribution is 2.29. The Kier molecular flexibility index (Phi) is 15.3. The van der Waals surface area contributed by atoms with Crippen molar-refractivity contribution >= 4 is 29.9 Å². The van der Waals surface area contributed by atoms with E-state index in [1.54, 1.807) is 14.2 Å². The van der Waals surface area contributed by atoms with E-state index in [0.717, 1.165) is 42.3 Å². The van der Waals surface area contributed by atoms with E-state index in [1.807, 2.05) is 55.5 Å². The molecule has 0 unspecified atom stereocenters. The SMILES string of the molecule is CCNC(=NCc1ccc(OCc2ccccc2)c(OC)c1)NCCCOCCOC.I. The molecule has 2 N–H and O–H groups in total. The first kappa shape index (κ1) is 28.0. The molecule has 7 nitrogen and oxygen atoms in total. The molecular formula is C24H36IN3O4. The number of ether oxygens (including phenoxy) is 4. The van der Waals surface area contributed by atoms with Crippen molar-refractivity contribution in [2.75, 3.05) is 47.1 Å². The highest BCUT2D eigenvalue weighted by atomic mass is 127. The summed E-state index contributed by atoms with van der Waals surface area (Å²) in [7, 11) is 3.32. The smallest absolute Gasteiger partial charge is 0.191 e. The second kappa shape index (κ2) is 17.5. The van der Waals surface area contributed by atoms with Crippen LogP contribution < -0.4 is 20.1 Å². The highest BCUT2D eigenvalue weighted by Gasteiger charge is 2.07. The fraction of sp³-hybridized carbons (Fsp3) is 0.458. The van der Waals surface area contributed by atoms with Gasteiger partial charge >= 0.3 is 0 Å². The molecule has 32 heavy (non-hydrogen) atoms. The van der Waals surface area contributed by atoms with E-state index >= 15 is 0 Å². The first-order valence-electron chi connectivity index (χ1n) is 10.7. The van der Waals surface area contributed by atoms with Crippen LogP contribution in [0.5, 0.6) is 11.5 Å². The fourth-order valence-electron chi connectivity index (χ4n) is 2.80. The number of hydrogen-bond acceptors (Lipinski definition) is 5. The summed E-state index contributed by atoms with van der Waals surface area (Å²) in [6, 6.07) is 16.0. The first-order chi connectivity index (χ1) is 15.3. The van der Waals surface area contributed by atoms with Crippen molar-refractivity contribution in [2.24, 2.45) is 4.99 Å². The summed E-state index contributed by atoms with van der Waals surface area (Å²) in [5.41, 5.74) is 2.16. The molecule has 0 heterocycles. The third kappa shape index (κ3) is 11.0. The maximum absolute atomic E-state index is 5.93. The summed E-state index contributed by atoms with van der Waals surface area (Å²) in [6.45, 7) is 6.60. The normalized spacial score (nSPS) is 10.9. The van der Waals surface area contributed by atoms with Gasteiger partial charge in [0.15, 0.2) is 17.5 Å². The van der Waals surface area contributed by atoms with Crippen LogP contribution in [-0.4, -0.2) is 53.1 Å². The maximum Gasteiger partial charge on any atom is 0.191 e. The van der Waals surface area contributed by atoms with E-state index in [0.29, 0.717) is 38.7 Å². The number of benzene rings is 2. The van der Waals surface area contributed by atoms with E-state index in [-0.39, 0.29) is 24.0 Å². The molecular weight excluding hydrogens is 521 g/mol. The van der Waals surface area contributed by atoms with Crippen molar-refractivity contribution in [3.8, 4) is 11.5 Å². The number of methoxy groups -OCH3 is 2. The zero-order chi connectivity index (χ0) is 22.2. The summed E-state index contributed by atoms with van der Waals surface area (Å²) in [5, 5.41) is 6.60. The number of nitrogens with one attached hydrogen (secondary N) is 2. The molecule has 0 saturated heterocycles. The molecule has 2 aromatic carbocycles. The Labute approximate surface area is 208 Å². The van der Waals surface area contributed by atoms with Crippen LogP contribution in [0.15, 0.2) is 53.5 Å². The van der Waals surface area contributed by atoms with Crippen molar-refractivity contribution < 1.29 is 18.9 Å². The highest BCUT2D eigenvalue weighted by molar-refractivity contribution is 14.0. The van der Waals surface area contributed by atoms with Crippen molar-refractivity contribution in [2.45, 2.75) is 26.5 Å². The monoisotopic (exact) mass is 557 g/mol. The molecule has 178 valence electrons. The Morgan fingerprint density at radius 2 is 1.72 bits per heavy atom. The van der Waals surface area contributed by atoms with Crippen molar-refractivity contribution in [1.82, 2.24) is 10.6 Å². The maximum atomic E-state index is 5.93.